The van der Waals surface area contributed by atoms with Crippen LogP contribution in [0.1, 0.15) is 0 Å². The zero-order valence-electron chi connectivity index (χ0n) is 9.71. The first-order valence-electron chi connectivity index (χ1n) is 5.23. The third-order valence-electron chi connectivity index (χ3n) is 2.34. The Hall–Kier alpha value is -1.92. The van der Waals surface area contributed by atoms with E-state index in [2.05, 4.69) is 0 Å². The first-order chi connectivity index (χ1) is 8.88. The molecule has 0 aliphatic rings. The zero-order chi connectivity index (χ0) is 14.0. The molecule has 0 saturated carbocycles. The Kier molecular flexibility index (Phi) is 3.55. The van der Waals surface area contributed by atoms with Gasteiger partial charge in [-0.05, 0) is 42.5 Å². The number of hydrogen-bond donors (Lipinski definition) is 2. The minimum absolute atomic E-state index is 0.0637. The van der Waals surface area contributed by atoms with E-state index in [0.29, 0.717) is 5.69 Å². The fourth-order valence-corrected chi connectivity index (χ4v) is 2.46. The quantitative estimate of drug-likeness (QED) is 0.669. The summed E-state index contributed by atoms with van der Waals surface area (Å²) in [6.45, 7) is 0. The Bertz CT molecular complexity index is 699. The van der Waals surface area contributed by atoms with Crippen molar-refractivity contribution in [2.24, 2.45) is 0 Å². The lowest BCUT2D eigenvalue weighted by Crippen LogP contribution is -2.10. The molecule has 19 heavy (non-hydrogen) atoms. The van der Waals surface area contributed by atoms with E-state index in [9.17, 15) is 8.42 Å². The van der Waals surface area contributed by atoms with Crippen LogP contribution >= 0.6 is 11.6 Å². The van der Waals surface area contributed by atoms with Gasteiger partial charge in [-0.25, -0.2) is 0 Å². The van der Waals surface area contributed by atoms with E-state index in [4.69, 9.17) is 27.3 Å². The summed E-state index contributed by atoms with van der Waals surface area (Å²) in [6, 6.07) is 9.98. The van der Waals surface area contributed by atoms with E-state index in [0.717, 1.165) is 0 Å². The van der Waals surface area contributed by atoms with Crippen LogP contribution in [-0.4, -0.2) is 8.42 Å². The van der Waals surface area contributed by atoms with Crippen LogP contribution < -0.4 is 15.7 Å². The number of benzene rings is 2. The molecule has 0 bridgehead atoms. The largest absolute Gasteiger partial charge is 0.399 e. The molecule has 0 atom stereocenters. The lowest BCUT2D eigenvalue weighted by Gasteiger charge is -2.08. The van der Waals surface area contributed by atoms with Gasteiger partial charge in [-0.2, -0.15) is 8.42 Å². The summed E-state index contributed by atoms with van der Waals surface area (Å²) in [7, 11) is -3.94. The Balaban J connectivity index is 2.32. The first kappa shape index (κ1) is 13.5. The zero-order valence-corrected chi connectivity index (χ0v) is 11.3. The molecule has 0 heterocycles. The van der Waals surface area contributed by atoms with Crippen LogP contribution in [-0.2, 0) is 10.1 Å². The molecule has 0 unspecified atom stereocenters. The van der Waals surface area contributed by atoms with Crippen molar-refractivity contribution < 1.29 is 12.6 Å². The highest BCUT2D eigenvalue weighted by atomic mass is 35.5. The van der Waals surface area contributed by atoms with Crippen molar-refractivity contribution in [1.82, 2.24) is 0 Å². The summed E-state index contributed by atoms with van der Waals surface area (Å²) in [6.07, 6.45) is 0. The molecule has 2 aromatic carbocycles. The molecule has 4 N–H and O–H groups in total. The maximum absolute atomic E-state index is 12.0. The van der Waals surface area contributed by atoms with Crippen LogP contribution in [0.3, 0.4) is 0 Å². The molecule has 0 aliphatic heterocycles. The average Bonchev–Trinajstić information content (AvgIpc) is 2.35. The lowest BCUT2D eigenvalue weighted by atomic mass is 10.3. The van der Waals surface area contributed by atoms with Gasteiger partial charge >= 0.3 is 10.1 Å². The SMILES string of the molecule is Nc1ccc(OS(=O)(=O)c2ccc(Cl)c(N)c2)cc1. The van der Waals surface area contributed by atoms with Crippen molar-refractivity contribution in [3.8, 4) is 5.75 Å². The van der Waals surface area contributed by atoms with Gasteiger partial charge in [0, 0.05) is 5.69 Å². The minimum Gasteiger partial charge on any atom is -0.399 e. The maximum atomic E-state index is 12.0. The Morgan fingerprint density at radius 2 is 1.63 bits per heavy atom. The Morgan fingerprint density at radius 1 is 1.00 bits per heavy atom. The molecule has 2 rings (SSSR count). The molecule has 0 fully saturated rings. The Labute approximate surface area is 115 Å². The van der Waals surface area contributed by atoms with Crippen molar-refractivity contribution in [2.45, 2.75) is 4.90 Å². The first-order valence-corrected chi connectivity index (χ1v) is 7.02. The van der Waals surface area contributed by atoms with Gasteiger partial charge in [-0.1, -0.05) is 11.6 Å². The average molecular weight is 299 g/mol. The molecule has 7 heteroatoms. The third kappa shape index (κ3) is 3.10. The number of nitrogen functional groups attached to an aromatic ring is 2. The number of halogens is 1. The van der Waals surface area contributed by atoms with Gasteiger partial charge in [-0.15, -0.1) is 0 Å². The van der Waals surface area contributed by atoms with Gasteiger partial charge in [0.15, 0.2) is 0 Å². The molecular weight excluding hydrogens is 288 g/mol. The van der Waals surface area contributed by atoms with Crippen LogP contribution in [0.5, 0.6) is 5.75 Å². The second-order valence-electron chi connectivity index (χ2n) is 3.79. The number of anilines is 2. The summed E-state index contributed by atoms with van der Waals surface area (Å²) < 4.78 is 29.0. The molecular formula is C12H11ClN2O3S. The van der Waals surface area contributed by atoms with Crippen molar-refractivity contribution in [2.75, 3.05) is 11.5 Å². The van der Waals surface area contributed by atoms with Crippen LogP contribution in [0.4, 0.5) is 11.4 Å². The molecule has 0 spiro atoms. The second kappa shape index (κ2) is 4.99. The Morgan fingerprint density at radius 3 is 2.21 bits per heavy atom. The molecule has 0 aliphatic carbocycles. The predicted octanol–water partition coefficient (Wildman–Crippen LogP) is 2.27. The van der Waals surface area contributed by atoms with Gasteiger partial charge in [0.1, 0.15) is 10.6 Å². The van der Waals surface area contributed by atoms with Crippen LogP contribution in [0.15, 0.2) is 47.4 Å². The topological polar surface area (TPSA) is 95.4 Å². The molecule has 0 radical (unpaired) electrons. The van der Waals surface area contributed by atoms with E-state index in [-0.39, 0.29) is 21.4 Å². The standard InChI is InChI=1S/C12H11ClN2O3S/c13-11-6-5-10(7-12(11)15)19(16,17)18-9-3-1-8(14)2-4-9/h1-7H,14-15H2. The molecule has 0 amide bonds. The van der Waals surface area contributed by atoms with E-state index in [1.54, 1.807) is 12.1 Å². The fraction of sp³-hybridized carbons (Fsp3) is 0. The van der Waals surface area contributed by atoms with Gasteiger partial charge in [0.2, 0.25) is 0 Å². The summed E-state index contributed by atoms with van der Waals surface area (Å²) in [5.41, 5.74) is 11.7. The molecule has 100 valence electrons. The van der Waals surface area contributed by atoms with Crippen molar-refractivity contribution >= 4 is 33.1 Å². The number of rotatable bonds is 3. The summed E-state index contributed by atoms with van der Waals surface area (Å²) in [5.74, 6) is 0.169. The summed E-state index contributed by atoms with van der Waals surface area (Å²) >= 11 is 5.73. The normalized spacial score (nSPS) is 11.2. The highest BCUT2D eigenvalue weighted by Gasteiger charge is 2.17. The second-order valence-corrected chi connectivity index (χ2v) is 5.74. The van der Waals surface area contributed by atoms with Crippen molar-refractivity contribution in [3.05, 3.63) is 47.5 Å². The molecule has 0 aromatic heterocycles. The monoisotopic (exact) mass is 298 g/mol. The van der Waals surface area contributed by atoms with Crippen LogP contribution in [0.2, 0.25) is 5.02 Å². The molecule has 2 aromatic rings. The van der Waals surface area contributed by atoms with Crippen molar-refractivity contribution in [3.63, 3.8) is 0 Å². The summed E-state index contributed by atoms with van der Waals surface area (Å²) in [4.78, 5) is -0.0637. The van der Waals surface area contributed by atoms with E-state index >= 15 is 0 Å². The van der Waals surface area contributed by atoms with Crippen LogP contribution in [0, 0.1) is 0 Å². The van der Waals surface area contributed by atoms with Gasteiger partial charge in [-0.3, -0.25) is 0 Å². The van der Waals surface area contributed by atoms with E-state index in [1.165, 1.54) is 30.3 Å². The fourth-order valence-electron chi connectivity index (χ4n) is 1.38. The smallest absolute Gasteiger partial charge is 0.339 e. The lowest BCUT2D eigenvalue weighted by molar-refractivity contribution is 0.486. The number of hydrogen-bond acceptors (Lipinski definition) is 5. The predicted molar refractivity (Wildman–Crippen MR) is 74.5 cm³/mol. The van der Waals surface area contributed by atoms with Crippen molar-refractivity contribution in [1.29, 1.82) is 0 Å². The maximum Gasteiger partial charge on any atom is 0.339 e. The highest BCUT2D eigenvalue weighted by molar-refractivity contribution is 7.87. The van der Waals surface area contributed by atoms with E-state index in [1.807, 2.05) is 0 Å². The van der Waals surface area contributed by atoms with E-state index < -0.39 is 10.1 Å². The molecule has 5 nitrogen and oxygen atoms in total. The van der Waals surface area contributed by atoms with Gasteiger partial charge < -0.3 is 15.7 Å². The minimum atomic E-state index is -3.94. The number of nitrogens with two attached hydrogens (primary N) is 2. The third-order valence-corrected chi connectivity index (χ3v) is 3.93. The highest BCUT2D eigenvalue weighted by Crippen LogP contribution is 2.25. The van der Waals surface area contributed by atoms with Crippen LogP contribution in [0.25, 0.3) is 0 Å². The van der Waals surface area contributed by atoms with Gasteiger partial charge in [0.05, 0.1) is 10.7 Å². The van der Waals surface area contributed by atoms with Gasteiger partial charge in [0.25, 0.3) is 0 Å². The molecule has 0 saturated heterocycles. The summed E-state index contributed by atoms with van der Waals surface area (Å²) in [5, 5.41) is 0.284.